The van der Waals surface area contributed by atoms with Crippen molar-refractivity contribution in [1.82, 2.24) is 10.6 Å². The summed E-state index contributed by atoms with van der Waals surface area (Å²) in [4.78, 5) is 36.4. The average Bonchev–Trinajstić information content (AvgIpc) is 2.57. The van der Waals surface area contributed by atoms with Crippen molar-refractivity contribution in [3.05, 3.63) is 0 Å². The van der Waals surface area contributed by atoms with Crippen molar-refractivity contribution in [3.8, 4) is 0 Å². The Morgan fingerprint density at radius 2 is 1.68 bits per heavy atom. The molecule has 0 radical (unpaired) electrons. The van der Waals surface area contributed by atoms with Crippen LogP contribution in [0.15, 0.2) is 0 Å². The van der Waals surface area contributed by atoms with Crippen LogP contribution in [-0.4, -0.2) is 43.8 Å². The molecule has 0 heterocycles. The predicted octanol–water partition coefficient (Wildman–Crippen LogP) is 2.63. The monoisotopic (exact) mass is 358 g/mol. The highest BCUT2D eigenvalue weighted by atomic mass is 16.5. The molecule has 0 aliphatic heterocycles. The molecule has 0 saturated carbocycles. The summed E-state index contributed by atoms with van der Waals surface area (Å²) in [6.07, 6.45) is 2.23. The number of alkyl carbamates (subject to hydrolysis) is 1. The number of methoxy groups -OCH3 is 1. The van der Waals surface area contributed by atoms with Crippen LogP contribution in [0.4, 0.5) is 4.79 Å². The summed E-state index contributed by atoms with van der Waals surface area (Å²) in [5, 5.41) is 5.31. The Morgan fingerprint density at radius 3 is 2.16 bits per heavy atom. The number of amides is 2. The highest BCUT2D eigenvalue weighted by Crippen LogP contribution is 2.11. The summed E-state index contributed by atoms with van der Waals surface area (Å²) in [5.74, 6) is -0.784. The van der Waals surface area contributed by atoms with Gasteiger partial charge in [0.05, 0.1) is 13.7 Å². The summed E-state index contributed by atoms with van der Waals surface area (Å²) in [6, 6.07) is -1.50. The van der Waals surface area contributed by atoms with Crippen molar-refractivity contribution < 1.29 is 23.9 Å². The Morgan fingerprint density at radius 1 is 1.04 bits per heavy atom. The van der Waals surface area contributed by atoms with Gasteiger partial charge < -0.3 is 20.1 Å². The molecule has 0 rings (SSSR count). The first kappa shape index (κ1) is 23.2. The number of rotatable bonds is 11. The molecule has 0 bridgehead atoms. The Labute approximate surface area is 151 Å². The third-order valence-corrected chi connectivity index (χ3v) is 4.01. The van der Waals surface area contributed by atoms with Crippen molar-refractivity contribution >= 4 is 18.0 Å². The number of hydrogen-bond acceptors (Lipinski definition) is 5. The first-order valence-electron chi connectivity index (χ1n) is 9.08. The third kappa shape index (κ3) is 9.31. The second-order valence-electron chi connectivity index (χ2n) is 6.71. The zero-order chi connectivity index (χ0) is 19.4. The molecule has 2 amide bonds. The second-order valence-corrected chi connectivity index (χ2v) is 6.71. The van der Waals surface area contributed by atoms with Gasteiger partial charge in [-0.3, -0.25) is 4.79 Å². The largest absolute Gasteiger partial charge is 0.467 e. The molecule has 0 aromatic rings. The summed E-state index contributed by atoms with van der Waals surface area (Å²) >= 11 is 0. The van der Waals surface area contributed by atoms with Crippen LogP contribution in [0.2, 0.25) is 0 Å². The first-order valence-corrected chi connectivity index (χ1v) is 9.08. The number of carbonyl (C=O) groups excluding carboxylic acids is 3. The van der Waals surface area contributed by atoms with Gasteiger partial charge in [0.1, 0.15) is 12.1 Å². The van der Waals surface area contributed by atoms with Gasteiger partial charge in [-0.15, -0.1) is 0 Å². The van der Waals surface area contributed by atoms with E-state index in [2.05, 4.69) is 10.6 Å². The van der Waals surface area contributed by atoms with Crippen LogP contribution < -0.4 is 10.6 Å². The minimum absolute atomic E-state index is 0.0763. The Hall–Kier alpha value is -1.79. The predicted molar refractivity (Wildman–Crippen MR) is 96.0 cm³/mol. The molecule has 0 aromatic carbocycles. The van der Waals surface area contributed by atoms with Crippen molar-refractivity contribution in [3.63, 3.8) is 0 Å². The molecule has 0 fully saturated rings. The van der Waals surface area contributed by atoms with E-state index in [0.717, 1.165) is 12.8 Å². The van der Waals surface area contributed by atoms with Gasteiger partial charge in [-0.25, -0.2) is 9.59 Å². The molecule has 0 saturated heterocycles. The maximum absolute atomic E-state index is 12.6. The highest BCUT2D eigenvalue weighted by molar-refractivity contribution is 5.89. The Bertz CT molecular complexity index is 426. The van der Waals surface area contributed by atoms with E-state index in [4.69, 9.17) is 9.47 Å². The molecule has 2 N–H and O–H groups in total. The van der Waals surface area contributed by atoms with Crippen molar-refractivity contribution in [2.24, 2.45) is 11.8 Å². The number of esters is 1. The summed E-state index contributed by atoms with van der Waals surface area (Å²) in [6.45, 7) is 10.0. The van der Waals surface area contributed by atoms with Gasteiger partial charge in [-0.05, 0) is 24.7 Å². The number of nitrogens with one attached hydrogen (secondary N) is 2. The minimum Gasteiger partial charge on any atom is -0.467 e. The van der Waals surface area contributed by atoms with Crippen LogP contribution in [0.25, 0.3) is 0 Å². The standard InChI is InChI=1S/C18H34N2O5/c1-7-9-10-25-18(23)19-14(11-12(3)4)16(21)20-15(13(5)8-2)17(22)24-6/h12-15H,7-11H2,1-6H3,(H,19,23)(H,20,21). The van der Waals surface area contributed by atoms with Crippen molar-refractivity contribution in [2.75, 3.05) is 13.7 Å². The number of hydrogen-bond donors (Lipinski definition) is 2. The summed E-state index contributed by atoms with van der Waals surface area (Å²) < 4.78 is 9.84. The molecule has 3 atom stereocenters. The quantitative estimate of drug-likeness (QED) is 0.437. The lowest BCUT2D eigenvalue weighted by atomic mass is 9.97. The number of unbranched alkanes of at least 4 members (excludes halogenated alkanes) is 1. The van der Waals surface area contributed by atoms with E-state index in [-0.39, 0.29) is 11.8 Å². The van der Waals surface area contributed by atoms with E-state index < -0.39 is 30.1 Å². The number of ether oxygens (including phenoxy) is 2. The lowest BCUT2D eigenvalue weighted by molar-refractivity contribution is -0.146. The fraction of sp³-hybridized carbons (Fsp3) is 0.833. The SMILES string of the molecule is CCCCOC(=O)NC(CC(C)C)C(=O)NC(C(=O)OC)C(C)CC. The molecule has 0 aromatic heterocycles. The van der Waals surface area contributed by atoms with Crippen LogP contribution in [0.5, 0.6) is 0 Å². The van der Waals surface area contributed by atoms with Gasteiger partial charge in [0.25, 0.3) is 0 Å². The molecule has 7 heteroatoms. The maximum Gasteiger partial charge on any atom is 0.407 e. The van der Waals surface area contributed by atoms with Gasteiger partial charge in [-0.2, -0.15) is 0 Å². The second kappa shape index (κ2) is 12.6. The van der Waals surface area contributed by atoms with Gasteiger partial charge in [0.2, 0.25) is 5.91 Å². The van der Waals surface area contributed by atoms with Gasteiger partial charge in [0, 0.05) is 0 Å². The van der Waals surface area contributed by atoms with Gasteiger partial charge in [-0.1, -0.05) is 47.5 Å². The molecular weight excluding hydrogens is 324 g/mol. The van der Waals surface area contributed by atoms with Crippen molar-refractivity contribution in [1.29, 1.82) is 0 Å². The Kier molecular flexibility index (Phi) is 11.7. The third-order valence-electron chi connectivity index (χ3n) is 4.01. The topological polar surface area (TPSA) is 93.7 Å². The molecule has 25 heavy (non-hydrogen) atoms. The maximum atomic E-state index is 12.6. The van der Waals surface area contributed by atoms with Crippen LogP contribution in [0.3, 0.4) is 0 Å². The molecule has 3 unspecified atom stereocenters. The van der Waals surface area contributed by atoms with E-state index in [0.29, 0.717) is 19.4 Å². The van der Waals surface area contributed by atoms with E-state index in [1.54, 1.807) is 0 Å². The molecule has 7 nitrogen and oxygen atoms in total. The van der Waals surface area contributed by atoms with Crippen LogP contribution >= 0.6 is 0 Å². The Balaban J connectivity index is 4.95. The first-order chi connectivity index (χ1) is 11.8. The van der Waals surface area contributed by atoms with Gasteiger partial charge >= 0.3 is 12.1 Å². The molecule has 0 spiro atoms. The smallest absolute Gasteiger partial charge is 0.407 e. The van der Waals surface area contributed by atoms with Crippen LogP contribution in [0, 0.1) is 11.8 Å². The molecular formula is C18H34N2O5. The lowest BCUT2D eigenvalue weighted by Gasteiger charge is -2.26. The fourth-order valence-electron chi connectivity index (χ4n) is 2.25. The molecule has 0 aliphatic carbocycles. The summed E-state index contributed by atoms with van der Waals surface area (Å²) in [5.41, 5.74) is 0. The lowest BCUT2D eigenvalue weighted by Crippen LogP contribution is -2.54. The van der Waals surface area contributed by atoms with Crippen molar-refractivity contribution in [2.45, 2.75) is 72.4 Å². The molecule has 146 valence electrons. The number of carbonyl (C=O) groups is 3. The van der Waals surface area contributed by atoms with E-state index in [1.165, 1.54) is 7.11 Å². The van der Waals surface area contributed by atoms with Gasteiger partial charge in [0.15, 0.2) is 0 Å². The minimum atomic E-state index is -0.759. The van der Waals surface area contributed by atoms with E-state index >= 15 is 0 Å². The van der Waals surface area contributed by atoms with Crippen LogP contribution in [-0.2, 0) is 19.1 Å². The normalized spacial score (nSPS) is 14.4. The zero-order valence-electron chi connectivity index (χ0n) is 16.4. The molecule has 0 aliphatic rings. The highest BCUT2D eigenvalue weighted by Gasteiger charge is 2.30. The van der Waals surface area contributed by atoms with E-state index in [9.17, 15) is 14.4 Å². The van der Waals surface area contributed by atoms with E-state index in [1.807, 2.05) is 34.6 Å². The fourth-order valence-corrected chi connectivity index (χ4v) is 2.25. The zero-order valence-corrected chi connectivity index (χ0v) is 16.4. The van der Waals surface area contributed by atoms with Crippen LogP contribution in [0.1, 0.15) is 60.3 Å². The summed E-state index contributed by atoms with van der Waals surface area (Å²) in [7, 11) is 1.29. The average molecular weight is 358 g/mol.